The van der Waals surface area contributed by atoms with Crippen LogP contribution in [0.25, 0.3) is 0 Å². The van der Waals surface area contributed by atoms with Crippen LogP contribution in [0.4, 0.5) is 0 Å². The van der Waals surface area contributed by atoms with Gasteiger partial charge in [0.15, 0.2) is 11.5 Å². The van der Waals surface area contributed by atoms with Gasteiger partial charge in [0.1, 0.15) is 25.6 Å². The third kappa shape index (κ3) is 5.29. The summed E-state index contributed by atoms with van der Waals surface area (Å²) in [5.74, 6) is 2.19. The predicted octanol–water partition coefficient (Wildman–Crippen LogP) is 3.24. The molecule has 0 radical (unpaired) electrons. The first kappa shape index (κ1) is 17.4. The van der Waals surface area contributed by atoms with E-state index in [1.807, 2.05) is 30.3 Å². The number of carbonyl (C=O) groups excluding carboxylic acids is 1. The van der Waals surface area contributed by atoms with Gasteiger partial charge in [0.2, 0.25) is 5.91 Å². The fourth-order valence-electron chi connectivity index (χ4n) is 2.51. The molecular weight excluding hydrogens is 342 g/mol. The smallest absolute Gasteiger partial charge is 0.220 e. The maximum absolute atomic E-state index is 11.9. The normalized spacial score (nSPS) is 12.5. The molecule has 1 aliphatic rings. The average Bonchev–Trinajstić information content (AvgIpc) is 2.63. The molecule has 5 nitrogen and oxygen atoms in total. The second kappa shape index (κ2) is 8.62. The van der Waals surface area contributed by atoms with E-state index in [2.05, 4.69) is 5.32 Å². The molecule has 2 aromatic rings. The van der Waals surface area contributed by atoms with Gasteiger partial charge in [0.25, 0.3) is 0 Å². The van der Waals surface area contributed by atoms with Gasteiger partial charge in [0.05, 0.1) is 6.54 Å². The first-order chi connectivity index (χ1) is 12.2. The zero-order valence-corrected chi connectivity index (χ0v) is 14.6. The minimum absolute atomic E-state index is 0.00965. The third-order valence-electron chi connectivity index (χ3n) is 3.74. The molecule has 3 rings (SSSR count). The Morgan fingerprint density at radius 1 is 1.12 bits per heavy atom. The van der Waals surface area contributed by atoms with E-state index in [1.54, 1.807) is 12.1 Å². The van der Waals surface area contributed by atoms with E-state index in [-0.39, 0.29) is 5.91 Å². The van der Waals surface area contributed by atoms with Crippen molar-refractivity contribution in [2.24, 2.45) is 0 Å². The Morgan fingerprint density at radius 2 is 1.96 bits per heavy atom. The molecule has 1 heterocycles. The van der Waals surface area contributed by atoms with Crippen LogP contribution in [0.1, 0.15) is 12.0 Å². The number of ether oxygens (including phenoxy) is 3. The highest BCUT2D eigenvalue weighted by atomic mass is 35.5. The quantitative estimate of drug-likeness (QED) is 0.769. The maximum Gasteiger partial charge on any atom is 0.220 e. The van der Waals surface area contributed by atoms with Gasteiger partial charge in [-0.15, -0.1) is 0 Å². The van der Waals surface area contributed by atoms with Gasteiger partial charge in [0, 0.05) is 11.4 Å². The number of carbonyl (C=O) groups is 1. The van der Waals surface area contributed by atoms with Crippen LogP contribution in [0.5, 0.6) is 17.2 Å². The molecule has 6 heteroatoms. The Kier molecular flexibility index (Phi) is 6.01. The van der Waals surface area contributed by atoms with Crippen LogP contribution in [0.15, 0.2) is 42.5 Å². The standard InChI is InChI=1S/C19H20ClNO4/c20-15-2-1-3-16(13-15)23-9-8-21-19(22)7-5-14-4-6-17-18(12-14)25-11-10-24-17/h1-4,6,12-13H,5,7-11H2,(H,21,22). The van der Waals surface area contributed by atoms with Crippen LogP contribution in [-0.2, 0) is 11.2 Å². The van der Waals surface area contributed by atoms with Crippen molar-refractivity contribution >= 4 is 17.5 Å². The molecule has 0 spiro atoms. The molecule has 0 aliphatic carbocycles. The summed E-state index contributed by atoms with van der Waals surface area (Å²) < 4.78 is 16.6. The van der Waals surface area contributed by atoms with E-state index < -0.39 is 0 Å². The lowest BCUT2D eigenvalue weighted by Crippen LogP contribution is -2.28. The first-order valence-electron chi connectivity index (χ1n) is 8.24. The zero-order chi connectivity index (χ0) is 17.5. The average molecular weight is 362 g/mol. The van der Waals surface area contributed by atoms with Crippen molar-refractivity contribution in [2.75, 3.05) is 26.4 Å². The number of aryl methyl sites for hydroxylation is 1. The number of benzene rings is 2. The SMILES string of the molecule is O=C(CCc1ccc2c(c1)OCCO2)NCCOc1cccc(Cl)c1. The minimum atomic E-state index is -0.00965. The lowest BCUT2D eigenvalue weighted by Gasteiger charge is -2.18. The van der Waals surface area contributed by atoms with Crippen LogP contribution in [0.2, 0.25) is 5.02 Å². The molecule has 25 heavy (non-hydrogen) atoms. The van der Waals surface area contributed by atoms with E-state index in [4.69, 9.17) is 25.8 Å². The molecule has 0 saturated heterocycles. The van der Waals surface area contributed by atoms with Crippen LogP contribution >= 0.6 is 11.6 Å². The van der Waals surface area contributed by atoms with Crippen molar-refractivity contribution in [1.82, 2.24) is 5.32 Å². The maximum atomic E-state index is 11.9. The number of rotatable bonds is 7. The van der Waals surface area contributed by atoms with Crippen LogP contribution in [0.3, 0.4) is 0 Å². The summed E-state index contributed by atoms with van der Waals surface area (Å²) in [7, 11) is 0. The lowest BCUT2D eigenvalue weighted by atomic mass is 10.1. The lowest BCUT2D eigenvalue weighted by molar-refractivity contribution is -0.121. The highest BCUT2D eigenvalue weighted by Crippen LogP contribution is 2.31. The summed E-state index contributed by atoms with van der Waals surface area (Å²) in [4.78, 5) is 11.9. The minimum Gasteiger partial charge on any atom is -0.492 e. The van der Waals surface area contributed by atoms with Gasteiger partial charge >= 0.3 is 0 Å². The van der Waals surface area contributed by atoms with Gasteiger partial charge in [-0.05, 0) is 42.3 Å². The molecule has 0 unspecified atom stereocenters. The fraction of sp³-hybridized carbons (Fsp3) is 0.316. The Labute approximate surface area is 151 Å². The van der Waals surface area contributed by atoms with Crippen molar-refractivity contribution in [1.29, 1.82) is 0 Å². The van der Waals surface area contributed by atoms with E-state index in [0.717, 1.165) is 17.1 Å². The van der Waals surface area contributed by atoms with Crippen molar-refractivity contribution in [3.8, 4) is 17.2 Å². The number of amides is 1. The zero-order valence-electron chi connectivity index (χ0n) is 13.8. The van der Waals surface area contributed by atoms with E-state index in [0.29, 0.717) is 50.0 Å². The molecule has 1 aliphatic heterocycles. The van der Waals surface area contributed by atoms with Crippen molar-refractivity contribution in [2.45, 2.75) is 12.8 Å². The molecule has 2 aromatic carbocycles. The molecule has 132 valence electrons. The first-order valence-corrected chi connectivity index (χ1v) is 8.62. The second-order valence-corrected chi connectivity index (χ2v) is 6.07. The van der Waals surface area contributed by atoms with E-state index >= 15 is 0 Å². The Morgan fingerprint density at radius 3 is 2.80 bits per heavy atom. The number of halogens is 1. The highest BCUT2D eigenvalue weighted by molar-refractivity contribution is 6.30. The molecule has 0 atom stereocenters. The second-order valence-electron chi connectivity index (χ2n) is 5.63. The monoisotopic (exact) mass is 361 g/mol. The predicted molar refractivity (Wildman–Crippen MR) is 95.7 cm³/mol. The molecule has 0 fully saturated rings. The van der Waals surface area contributed by atoms with E-state index in [1.165, 1.54) is 0 Å². The molecular formula is C19H20ClNO4. The summed E-state index contributed by atoms with van der Waals surface area (Å²) in [6, 6.07) is 13.0. The third-order valence-corrected chi connectivity index (χ3v) is 3.97. The van der Waals surface area contributed by atoms with Crippen LogP contribution in [0, 0.1) is 0 Å². The number of hydrogen-bond donors (Lipinski definition) is 1. The molecule has 0 aromatic heterocycles. The van der Waals surface area contributed by atoms with Gasteiger partial charge < -0.3 is 19.5 Å². The summed E-state index contributed by atoms with van der Waals surface area (Å²) in [6.45, 7) is 1.98. The summed E-state index contributed by atoms with van der Waals surface area (Å²) in [5.41, 5.74) is 1.05. The molecule has 0 bridgehead atoms. The summed E-state index contributed by atoms with van der Waals surface area (Å²) in [5, 5.41) is 3.47. The van der Waals surface area contributed by atoms with Gasteiger partial charge in [-0.3, -0.25) is 4.79 Å². The highest BCUT2D eigenvalue weighted by Gasteiger charge is 2.12. The van der Waals surface area contributed by atoms with Crippen molar-refractivity contribution < 1.29 is 19.0 Å². The summed E-state index contributed by atoms with van der Waals surface area (Å²) >= 11 is 5.89. The summed E-state index contributed by atoms with van der Waals surface area (Å²) in [6.07, 6.45) is 1.06. The number of fused-ring (bicyclic) bond motifs is 1. The molecule has 1 N–H and O–H groups in total. The van der Waals surface area contributed by atoms with Crippen LogP contribution in [-0.4, -0.2) is 32.3 Å². The Hall–Kier alpha value is -2.40. The topological polar surface area (TPSA) is 56.8 Å². The Bertz CT molecular complexity index is 735. The van der Waals surface area contributed by atoms with Gasteiger partial charge in [-0.25, -0.2) is 0 Å². The van der Waals surface area contributed by atoms with E-state index in [9.17, 15) is 4.79 Å². The fourth-order valence-corrected chi connectivity index (χ4v) is 2.69. The number of nitrogens with one attached hydrogen (secondary N) is 1. The van der Waals surface area contributed by atoms with Gasteiger partial charge in [-0.2, -0.15) is 0 Å². The van der Waals surface area contributed by atoms with Gasteiger partial charge in [-0.1, -0.05) is 23.7 Å². The van der Waals surface area contributed by atoms with Crippen molar-refractivity contribution in [3.63, 3.8) is 0 Å². The molecule has 1 amide bonds. The Balaban J connectivity index is 1.37. The molecule has 0 saturated carbocycles. The number of hydrogen-bond acceptors (Lipinski definition) is 4. The van der Waals surface area contributed by atoms with Crippen LogP contribution < -0.4 is 19.5 Å². The van der Waals surface area contributed by atoms with Crippen molar-refractivity contribution in [3.05, 3.63) is 53.1 Å². The largest absolute Gasteiger partial charge is 0.492 e.